The van der Waals surface area contributed by atoms with Crippen LogP contribution in [0, 0.1) is 11.8 Å². The lowest BCUT2D eigenvalue weighted by atomic mass is 10.1. The molecule has 0 spiro atoms. The Kier molecular flexibility index (Phi) is 3.53. The van der Waals surface area contributed by atoms with E-state index in [9.17, 15) is 4.79 Å². The molecule has 1 aromatic carbocycles. The van der Waals surface area contributed by atoms with E-state index in [1.165, 1.54) is 0 Å². The third-order valence-corrected chi connectivity index (χ3v) is 2.09. The third kappa shape index (κ3) is 2.92. The van der Waals surface area contributed by atoms with Gasteiger partial charge < -0.3 is 5.73 Å². The van der Waals surface area contributed by atoms with Crippen LogP contribution in [0.2, 0.25) is 0 Å². The average molecular weight is 238 g/mol. The van der Waals surface area contributed by atoms with Gasteiger partial charge in [-0.05, 0) is 17.6 Å². The summed E-state index contributed by atoms with van der Waals surface area (Å²) in [6, 6.07) is 7.59. The second-order valence-corrected chi connectivity index (χ2v) is 2.97. The lowest BCUT2D eigenvalue weighted by molar-refractivity contribution is -0.112. The van der Waals surface area contributed by atoms with Crippen molar-refractivity contribution in [3.63, 3.8) is 0 Å². The molecule has 1 amide bonds. The minimum Gasteiger partial charge on any atom is -0.359 e. The second kappa shape index (κ2) is 4.68. The van der Waals surface area contributed by atoms with Gasteiger partial charge in [-0.3, -0.25) is 4.79 Å². The lowest BCUT2D eigenvalue weighted by Crippen LogP contribution is -2.06. The average Bonchev–Trinajstić information content (AvgIpc) is 2.15. The van der Waals surface area contributed by atoms with E-state index in [4.69, 9.17) is 5.73 Å². The molecular formula is C10H8BrNO. The Morgan fingerprint density at radius 3 is 2.77 bits per heavy atom. The van der Waals surface area contributed by atoms with Crippen LogP contribution in [-0.2, 0) is 10.1 Å². The van der Waals surface area contributed by atoms with E-state index < -0.39 is 5.91 Å². The zero-order valence-corrected chi connectivity index (χ0v) is 8.47. The summed E-state index contributed by atoms with van der Waals surface area (Å²) in [5.41, 5.74) is 6.79. The summed E-state index contributed by atoms with van der Waals surface area (Å²) in [7, 11) is 0. The number of amides is 1. The van der Waals surface area contributed by atoms with Crippen molar-refractivity contribution in [1.29, 1.82) is 0 Å². The number of hydrogen-bond acceptors (Lipinski definition) is 1. The summed E-state index contributed by atoms with van der Waals surface area (Å²) >= 11 is 3.33. The summed E-state index contributed by atoms with van der Waals surface area (Å²) < 4.78 is 0. The lowest BCUT2D eigenvalue weighted by Gasteiger charge is -1.97. The number of benzene rings is 1. The number of nitrogens with two attached hydrogens (primary N) is 1. The van der Waals surface area contributed by atoms with Gasteiger partial charge in [0.25, 0.3) is 5.91 Å². The highest BCUT2D eigenvalue weighted by atomic mass is 79.9. The molecule has 0 fully saturated rings. The van der Waals surface area contributed by atoms with Gasteiger partial charge in [-0.15, -0.1) is 0 Å². The Hall–Kier alpha value is -1.27. The number of halogens is 1. The molecule has 0 aliphatic carbocycles. The van der Waals surface area contributed by atoms with E-state index in [1.54, 1.807) is 0 Å². The maximum Gasteiger partial charge on any atom is 0.293 e. The molecule has 2 nitrogen and oxygen atoms in total. The van der Waals surface area contributed by atoms with Crippen LogP contribution in [0.25, 0.3) is 0 Å². The molecule has 1 aromatic rings. The van der Waals surface area contributed by atoms with Gasteiger partial charge in [-0.2, -0.15) is 0 Å². The fraction of sp³-hybridized carbons (Fsp3) is 0.100. The summed E-state index contributed by atoms with van der Waals surface area (Å²) in [6.07, 6.45) is 0. The molecule has 0 aliphatic rings. The molecule has 3 heteroatoms. The molecule has 0 saturated heterocycles. The van der Waals surface area contributed by atoms with Crippen LogP contribution < -0.4 is 5.73 Å². The Morgan fingerprint density at radius 2 is 2.15 bits per heavy atom. The van der Waals surface area contributed by atoms with Crippen LogP contribution in [0.1, 0.15) is 11.1 Å². The Balaban J connectivity index is 3.02. The van der Waals surface area contributed by atoms with Crippen LogP contribution in [0.4, 0.5) is 0 Å². The summed E-state index contributed by atoms with van der Waals surface area (Å²) in [4.78, 5) is 10.4. The van der Waals surface area contributed by atoms with Crippen LogP contribution in [0.15, 0.2) is 24.3 Å². The minimum absolute atomic E-state index is 0.607. The SMILES string of the molecule is NC(=O)C#Cc1ccccc1CBr. The Morgan fingerprint density at radius 1 is 1.46 bits per heavy atom. The summed E-state index contributed by atoms with van der Waals surface area (Å²) in [5.74, 6) is 4.41. The van der Waals surface area contributed by atoms with Crippen molar-refractivity contribution in [3.8, 4) is 11.8 Å². The van der Waals surface area contributed by atoms with E-state index in [0.29, 0.717) is 0 Å². The molecule has 1 rings (SSSR count). The monoisotopic (exact) mass is 237 g/mol. The molecule has 0 bridgehead atoms. The quantitative estimate of drug-likeness (QED) is 0.583. The summed E-state index contributed by atoms with van der Waals surface area (Å²) in [5, 5.41) is 0.719. The highest BCUT2D eigenvalue weighted by molar-refractivity contribution is 9.08. The molecule has 0 aliphatic heterocycles. The molecule has 2 N–H and O–H groups in total. The van der Waals surface area contributed by atoms with Gasteiger partial charge in [-0.1, -0.05) is 40.0 Å². The van der Waals surface area contributed by atoms with Crippen molar-refractivity contribution < 1.29 is 4.79 Å². The molecule has 0 heterocycles. The fourth-order valence-corrected chi connectivity index (χ4v) is 1.38. The van der Waals surface area contributed by atoms with Crippen molar-refractivity contribution in [2.24, 2.45) is 5.73 Å². The topological polar surface area (TPSA) is 43.1 Å². The van der Waals surface area contributed by atoms with Crippen LogP contribution in [-0.4, -0.2) is 5.91 Å². The maximum atomic E-state index is 10.4. The number of primary amides is 1. The zero-order valence-electron chi connectivity index (χ0n) is 6.88. The smallest absolute Gasteiger partial charge is 0.293 e. The van der Waals surface area contributed by atoms with Crippen molar-refractivity contribution in [2.45, 2.75) is 5.33 Å². The molecule has 0 atom stereocenters. The predicted octanol–water partition coefficient (Wildman–Crippen LogP) is 1.42. The van der Waals surface area contributed by atoms with Gasteiger partial charge in [-0.25, -0.2) is 0 Å². The molecule has 0 aromatic heterocycles. The third-order valence-electron chi connectivity index (χ3n) is 1.48. The number of rotatable bonds is 1. The molecule has 13 heavy (non-hydrogen) atoms. The number of alkyl halides is 1. The zero-order chi connectivity index (χ0) is 9.68. The van der Waals surface area contributed by atoms with Crippen molar-refractivity contribution in [3.05, 3.63) is 35.4 Å². The van der Waals surface area contributed by atoms with Crippen molar-refractivity contribution in [1.82, 2.24) is 0 Å². The number of carbonyl (C=O) groups is 1. The Labute approximate surface area is 85.3 Å². The number of carbonyl (C=O) groups excluding carboxylic acids is 1. The summed E-state index contributed by atoms with van der Waals surface area (Å²) in [6.45, 7) is 0. The van der Waals surface area contributed by atoms with Gasteiger partial charge in [0, 0.05) is 10.9 Å². The van der Waals surface area contributed by atoms with E-state index in [1.807, 2.05) is 24.3 Å². The van der Waals surface area contributed by atoms with Gasteiger partial charge >= 0.3 is 0 Å². The van der Waals surface area contributed by atoms with Gasteiger partial charge in [0.1, 0.15) is 0 Å². The second-order valence-electron chi connectivity index (χ2n) is 2.41. The van der Waals surface area contributed by atoms with E-state index >= 15 is 0 Å². The van der Waals surface area contributed by atoms with E-state index in [0.717, 1.165) is 16.5 Å². The largest absolute Gasteiger partial charge is 0.359 e. The van der Waals surface area contributed by atoms with Crippen molar-refractivity contribution in [2.75, 3.05) is 0 Å². The molecule has 0 radical (unpaired) electrons. The van der Waals surface area contributed by atoms with E-state index in [-0.39, 0.29) is 0 Å². The molecular weight excluding hydrogens is 230 g/mol. The maximum absolute atomic E-state index is 10.4. The molecule has 66 valence electrons. The first-order valence-electron chi connectivity index (χ1n) is 3.69. The highest BCUT2D eigenvalue weighted by Crippen LogP contribution is 2.10. The van der Waals surface area contributed by atoms with Crippen LogP contribution in [0.5, 0.6) is 0 Å². The number of hydrogen-bond donors (Lipinski definition) is 1. The first kappa shape index (κ1) is 9.82. The highest BCUT2D eigenvalue weighted by Gasteiger charge is 1.95. The molecule has 0 unspecified atom stereocenters. The van der Waals surface area contributed by atoms with Gasteiger partial charge in [0.05, 0.1) is 0 Å². The van der Waals surface area contributed by atoms with Gasteiger partial charge in [0.2, 0.25) is 0 Å². The standard InChI is InChI=1S/C10H8BrNO/c11-7-9-4-2-1-3-8(9)5-6-10(12)13/h1-4H,7H2,(H2,12,13). The van der Waals surface area contributed by atoms with Gasteiger partial charge in [0.15, 0.2) is 0 Å². The van der Waals surface area contributed by atoms with Crippen molar-refractivity contribution >= 4 is 21.8 Å². The predicted molar refractivity (Wildman–Crippen MR) is 55.1 cm³/mol. The minimum atomic E-state index is -0.607. The van der Waals surface area contributed by atoms with E-state index in [2.05, 4.69) is 27.8 Å². The molecule has 0 saturated carbocycles. The first-order valence-corrected chi connectivity index (χ1v) is 4.81. The van der Waals surface area contributed by atoms with Crippen LogP contribution >= 0.6 is 15.9 Å². The fourth-order valence-electron chi connectivity index (χ4n) is 0.888. The Bertz CT molecular complexity index is 376. The normalized spacial score (nSPS) is 8.69. The van der Waals surface area contributed by atoms with Crippen LogP contribution in [0.3, 0.4) is 0 Å². The first-order chi connectivity index (χ1) is 6.24.